The number of nitrogens with zero attached hydrogens (tertiary/aromatic N) is 1. The standard InChI is InChI=1S/C17H17NO2/c19-15-10-12-11-18(13-6-2-1-3-7-13)16(20)17(12)9-5-4-8-14(15)17/h1-7,12,14H,8-11H2/t12-,14+,17+/m1/s1. The summed E-state index contributed by atoms with van der Waals surface area (Å²) < 4.78 is 0. The molecule has 1 saturated carbocycles. The van der Waals surface area contributed by atoms with E-state index in [0.29, 0.717) is 18.7 Å². The Morgan fingerprint density at radius 1 is 1.10 bits per heavy atom. The molecule has 0 radical (unpaired) electrons. The number of benzene rings is 1. The van der Waals surface area contributed by atoms with Crippen molar-refractivity contribution in [2.24, 2.45) is 17.3 Å². The van der Waals surface area contributed by atoms with Crippen molar-refractivity contribution in [1.29, 1.82) is 0 Å². The van der Waals surface area contributed by atoms with Crippen LogP contribution in [-0.4, -0.2) is 18.2 Å². The van der Waals surface area contributed by atoms with Gasteiger partial charge >= 0.3 is 0 Å². The quantitative estimate of drug-likeness (QED) is 0.733. The number of para-hydroxylation sites is 1. The highest BCUT2D eigenvalue weighted by Gasteiger charge is 2.64. The second-order valence-corrected chi connectivity index (χ2v) is 6.12. The Hall–Kier alpha value is -1.90. The van der Waals surface area contributed by atoms with E-state index >= 15 is 0 Å². The molecule has 0 N–H and O–H groups in total. The molecule has 1 amide bonds. The number of hydrogen-bond acceptors (Lipinski definition) is 2. The lowest BCUT2D eigenvalue weighted by Gasteiger charge is -2.33. The van der Waals surface area contributed by atoms with E-state index < -0.39 is 5.41 Å². The number of hydrogen-bond donors (Lipinski definition) is 0. The minimum absolute atomic E-state index is 0.0845. The summed E-state index contributed by atoms with van der Waals surface area (Å²) in [5.74, 6) is 0.561. The zero-order chi connectivity index (χ0) is 13.7. The third-order valence-electron chi connectivity index (χ3n) is 5.29. The fourth-order valence-electron chi connectivity index (χ4n) is 4.32. The minimum Gasteiger partial charge on any atom is -0.312 e. The lowest BCUT2D eigenvalue weighted by Crippen LogP contribution is -2.42. The van der Waals surface area contributed by atoms with Crippen LogP contribution in [0.5, 0.6) is 0 Å². The molecule has 2 fully saturated rings. The third kappa shape index (κ3) is 1.35. The number of amides is 1. The summed E-state index contributed by atoms with van der Waals surface area (Å²) in [5, 5.41) is 0. The first-order valence-electron chi connectivity index (χ1n) is 7.28. The van der Waals surface area contributed by atoms with Gasteiger partial charge in [-0.25, -0.2) is 0 Å². The maximum absolute atomic E-state index is 13.0. The number of carbonyl (C=O) groups excluding carboxylic acids is 2. The summed E-state index contributed by atoms with van der Waals surface area (Å²) in [4.78, 5) is 27.1. The summed E-state index contributed by atoms with van der Waals surface area (Å²) in [6.07, 6.45) is 6.20. The summed E-state index contributed by atoms with van der Waals surface area (Å²) in [6, 6.07) is 9.82. The van der Waals surface area contributed by atoms with E-state index in [2.05, 4.69) is 12.2 Å². The molecule has 0 aromatic heterocycles. The Bertz CT molecular complexity index is 607. The van der Waals surface area contributed by atoms with E-state index in [1.807, 2.05) is 35.2 Å². The molecule has 1 aromatic carbocycles. The highest BCUT2D eigenvalue weighted by molar-refractivity contribution is 6.06. The van der Waals surface area contributed by atoms with Gasteiger partial charge in [-0.2, -0.15) is 0 Å². The Morgan fingerprint density at radius 2 is 1.90 bits per heavy atom. The second kappa shape index (κ2) is 4.05. The van der Waals surface area contributed by atoms with Crippen molar-refractivity contribution in [3.63, 3.8) is 0 Å². The van der Waals surface area contributed by atoms with Crippen molar-refractivity contribution >= 4 is 17.4 Å². The first kappa shape index (κ1) is 11.9. The van der Waals surface area contributed by atoms with Crippen LogP contribution in [-0.2, 0) is 9.59 Å². The van der Waals surface area contributed by atoms with Gasteiger partial charge in [-0.1, -0.05) is 30.4 Å². The van der Waals surface area contributed by atoms with Gasteiger partial charge in [0.15, 0.2) is 0 Å². The fraction of sp³-hybridized carbons (Fsp3) is 0.412. The van der Waals surface area contributed by atoms with Crippen molar-refractivity contribution in [3.8, 4) is 0 Å². The van der Waals surface area contributed by atoms with Gasteiger partial charge in [0, 0.05) is 24.6 Å². The molecular weight excluding hydrogens is 250 g/mol. The van der Waals surface area contributed by atoms with Gasteiger partial charge in [-0.05, 0) is 30.9 Å². The highest BCUT2D eigenvalue weighted by atomic mass is 16.2. The first-order chi connectivity index (χ1) is 9.73. The monoisotopic (exact) mass is 267 g/mol. The Morgan fingerprint density at radius 3 is 2.70 bits per heavy atom. The summed E-state index contributed by atoms with van der Waals surface area (Å²) in [6.45, 7) is 0.693. The van der Waals surface area contributed by atoms with Gasteiger partial charge in [-0.15, -0.1) is 0 Å². The van der Waals surface area contributed by atoms with Crippen LogP contribution in [0.4, 0.5) is 5.69 Å². The average molecular weight is 267 g/mol. The van der Waals surface area contributed by atoms with Gasteiger partial charge < -0.3 is 4.90 Å². The number of anilines is 1. The zero-order valence-corrected chi connectivity index (χ0v) is 11.3. The smallest absolute Gasteiger partial charge is 0.234 e. The largest absolute Gasteiger partial charge is 0.312 e. The molecule has 102 valence electrons. The van der Waals surface area contributed by atoms with E-state index in [1.165, 1.54) is 0 Å². The number of ketones is 1. The fourth-order valence-corrected chi connectivity index (χ4v) is 4.32. The van der Waals surface area contributed by atoms with Crippen LogP contribution in [0.25, 0.3) is 0 Å². The van der Waals surface area contributed by atoms with Crippen LogP contribution in [0.15, 0.2) is 42.5 Å². The van der Waals surface area contributed by atoms with Crippen LogP contribution in [0.1, 0.15) is 19.3 Å². The van der Waals surface area contributed by atoms with Crippen molar-refractivity contribution in [2.75, 3.05) is 11.4 Å². The molecule has 0 bridgehead atoms. The van der Waals surface area contributed by atoms with Gasteiger partial charge in [0.1, 0.15) is 5.78 Å². The molecule has 1 aliphatic heterocycles. The van der Waals surface area contributed by atoms with Gasteiger partial charge in [0.05, 0.1) is 5.41 Å². The average Bonchev–Trinajstić information content (AvgIpc) is 2.92. The molecule has 1 heterocycles. The lowest BCUT2D eigenvalue weighted by molar-refractivity contribution is -0.133. The number of allylic oxidation sites excluding steroid dienone is 2. The SMILES string of the molecule is O=C1C[C@@H]2CN(c3ccccc3)C(=O)[C@@]23CC=CC[C@@H]13. The van der Waals surface area contributed by atoms with Gasteiger partial charge in [-0.3, -0.25) is 9.59 Å². The number of rotatable bonds is 1. The molecule has 1 spiro atoms. The predicted octanol–water partition coefficient (Wildman–Crippen LogP) is 2.57. The topological polar surface area (TPSA) is 37.4 Å². The van der Waals surface area contributed by atoms with Crippen molar-refractivity contribution in [1.82, 2.24) is 0 Å². The highest BCUT2D eigenvalue weighted by Crippen LogP contribution is 2.57. The molecule has 4 rings (SSSR count). The van der Waals surface area contributed by atoms with E-state index in [4.69, 9.17) is 0 Å². The van der Waals surface area contributed by atoms with Crippen molar-refractivity contribution in [3.05, 3.63) is 42.5 Å². The molecule has 3 aliphatic rings. The molecule has 3 nitrogen and oxygen atoms in total. The Kier molecular flexibility index (Phi) is 2.40. The molecule has 1 aromatic rings. The maximum Gasteiger partial charge on any atom is 0.234 e. The van der Waals surface area contributed by atoms with Gasteiger partial charge in [0.25, 0.3) is 0 Å². The minimum atomic E-state index is -0.443. The summed E-state index contributed by atoms with van der Waals surface area (Å²) in [7, 11) is 0. The molecule has 20 heavy (non-hydrogen) atoms. The van der Waals surface area contributed by atoms with Gasteiger partial charge in [0.2, 0.25) is 5.91 Å². The normalized spacial score (nSPS) is 35.3. The third-order valence-corrected chi connectivity index (χ3v) is 5.29. The number of Topliss-reactive ketones (excluding diaryl/α,β-unsaturated/α-hetero) is 1. The lowest BCUT2D eigenvalue weighted by atomic mass is 9.67. The molecular formula is C17H17NO2. The van der Waals surface area contributed by atoms with Crippen molar-refractivity contribution in [2.45, 2.75) is 19.3 Å². The van der Waals surface area contributed by atoms with Crippen LogP contribution in [0, 0.1) is 17.3 Å². The Balaban J connectivity index is 1.77. The molecule has 2 aliphatic carbocycles. The van der Waals surface area contributed by atoms with E-state index in [9.17, 15) is 9.59 Å². The van der Waals surface area contributed by atoms with Crippen LogP contribution in [0.3, 0.4) is 0 Å². The molecule has 1 saturated heterocycles. The predicted molar refractivity (Wildman–Crippen MR) is 76.2 cm³/mol. The summed E-state index contributed by atoms with van der Waals surface area (Å²) >= 11 is 0. The molecule has 3 atom stereocenters. The molecule has 0 unspecified atom stereocenters. The van der Waals surface area contributed by atoms with Crippen LogP contribution < -0.4 is 4.90 Å². The van der Waals surface area contributed by atoms with E-state index in [-0.39, 0.29) is 17.7 Å². The van der Waals surface area contributed by atoms with Crippen LogP contribution >= 0.6 is 0 Å². The maximum atomic E-state index is 13.0. The second-order valence-electron chi connectivity index (χ2n) is 6.12. The zero-order valence-electron chi connectivity index (χ0n) is 11.3. The van der Waals surface area contributed by atoms with Crippen LogP contribution in [0.2, 0.25) is 0 Å². The number of carbonyl (C=O) groups is 2. The first-order valence-corrected chi connectivity index (χ1v) is 7.28. The van der Waals surface area contributed by atoms with E-state index in [1.54, 1.807) is 0 Å². The van der Waals surface area contributed by atoms with Crippen molar-refractivity contribution < 1.29 is 9.59 Å². The van der Waals surface area contributed by atoms with E-state index in [0.717, 1.165) is 18.5 Å². The Labute approximate surface area is 118 Å². The molecule has 3 heteroatoms. The summed E-state index contributed by atoms with van der Waals surface area (Å²) in [5.41, 5.74) is 0.517.